The minimum absolute atomic E-state index is 0.0623. The van der Waals surface area contributed by atoms with Crippen molar-refractivity contribution < 1.29 is 19.1 Å². The topological polar surface area (TPSA) is 87.7 Å². The zero-order valence-electron chi connectivity index (χ0n) is 14.7. The third kappa shape index (κ3) is 6.93. The summed E-state index contributed by atoms with van der Waals surface area (Å²) in [6.45, 7) is 2.61. The summed E-state index contributed by atoms with van der Waals surface area (Å²) in [5, 5.41) is 5.63. The second kappa shape index (κ2) is 9.17. The minimum Gasteiger partial charge on any atom is -0.462 e. The van der Waals surface area contributed by atoms with Crippen LogP contribution >= 0.6 is 0 Å². The normalized spacial score (nSPS) is 13.4. The molecule has 0 unspecified atom stereocenters. The molecule has 7 heteroatoms. The highest BCUT2D eigenvalue weighted by Crippen LogP contribution is 2.18. The van der Waals surface area contributed by atoms with E-state index in [1.54, 1.807) is 36.2 Å². The number of ether oxygens (including phenoxy) is 1. The van der Waals surface area contributed by atoms with Gasteiger partial charge in [0.2, 0.25) is 11.8 Å². The van der Waals surface area contributed by atoms with Crippen LogP contribution in [0.2, 0.25) is 0 Å². The van der Waals surface area contributed by atoms with E-state index < -0.39 is 0 Å². The second-order valence-electron chi connectivity index (χ2n) is 6.28. The number of likely N-dealkylation sites (N-methyl/N-ethyl adjacent to an activating group) is 1. The number of carbonyl (C=O) groups excluding carboxylic acids is 3. The zero-order valence-corrected chi connectivity index (χ0v) is 14.7. The van der Waals surface area contributed by atoms with Gasteiger partial charge in [-0.15, -0.1) is 0 Å². The molecule has 1 aromatic rings. The van der Waals surface area contributed by atoms with Crippen LogP contribution in [0.4, 0.5) is 5.69 Å². The Morgan fingerprint density at radius 2 is 1.76 bits per heavy atom. The van der Waals surface area contributed by atoms with Gasteiger partial charge in [-0.05, 0) is 50.6 Å². The smallest absolute Gasteiger partial charge is 0.338 e. The molecule has 136 valence electrons. The van der Waals surface area contributed by atoms with Gasteiger partial charge >= 0.3 is 5.97 Å². The molecule has 0 aliphatic heterocycles. The first-order valence-corrected chi connectivity index (χ1v) is 8.53. The Kier molecular flexibility index (Phi) is 6.94. The predicted molar refractivity (Wildman–Crippen MR) is 94.3 cm³/mol. The molecular formula is C18H25N3O4. The molecule has 0 aromatic heterocycles. The molecule has 2 rings (SSSR count). The van der Waals surface area contributed by atoms with Crippen LogP contribution in [0.15, 0.2) is 24.3 Å². The largest absolute Gasteiger partial charge is 0.462 e. The summed E-state index contributed by atoms with van der Waals surface area (Å²) in [4.78, 5) is 37.1. The lowest BCUT2D eigenvalue weighted by Gasteiger charge is -2.16. The fourth-order valence-corrected chi connectivity index (χ4v) is 2.22. The van der Waals surface area contributed by atoms with E-state index in [-0.39, 0.29) is 30.9 Å². The van der Waals surface area contributed by atoms with E-state index in [0.717, 1.165) is 19.3 Å². The highest BCUT2D eigenvalue weighted by atomic mass is 16.5. The van der Waals surface area contributed by atoms with Gasteiger partial charge in [0.25, 0.3) is 0 Å². The molecule has 0 heterocycles. The molecule has 0 saturated heterocycles. The summed E-state index contributed by atoms with van der Waals surface area (Å²) in [6.07, 6.45) is 2.85. The second-order valence-corrected chi connectivity index (χ2v) is 6.28. The summed E-state index contributed by atoms with van der Waals surface area (Å²) in [6, 6.07) is 6.85. The van der Waals surface area contributed by atoms with Crippen molar-refractivity contribution in [2.75, 3.05) is 32.1 Å². The number of hydrogen-bond acceptors (Lipinski definition) is 5. The Morgan fingerprint density at radius 3 is 2.36 bits per heavy atom. The molecule has 25 heavy (non-hydrogen) atoms. The summed E-state index contributed by atoms with van der Waals surface area (Å²) in [7, 11) is 1.72. The molecule has 1 fully saturated rings. The quantitative estimate of drug-likeness (QED) is 0.659. The van der Waals surface area contributed by atoms with Gasteiger partial charge in [-0.25, -0.2) is 4.79 Å². The lowest BCUT2D eigenvalue weighted by molar-refractivity contribution is -0.123. The van der Waals surface area contributed by atoms with Crippen molar-refractivity contribution in [3.63, 3.8) is 0 Å². The van der Waals surface area contributed by atoms with Gasteiger partial charge in [0, 0.05) is 11.7 Å². The van der Waals surface area contributed by atoms with E-state index in [9.17, 15) is 14.4 Å². The molecule has 1 aromatic carbocycles. The standard InChI is InChI=1S/C18H25N3O4/c1-3-10-25-18(24)13-4-6-14(7-5-13)19-16(22)11-21(2)12-17(23)20-15-8-9-15/h4-7,15H,3,8-12H2,1-2H3,(H,19,22)(H,20,23). The molecule has 0 spiro atoms. The van der Waals surface area contributed by atoms with Crippen molar-refractivity contribution in [2.45, 2.75) is 32.2 Å². The Morgan fingerprint density at radius 1 is 1.12 bits per heavy atom. The van der Waals surface area contributed by atoms with Crippen molar-refractivity contribution in [3.8, 4) is 0 Å². The van der Waals surface area contributed by atoms with Gasteiger partial charge in [-0.1, -0.05) is 6.92 Å². The third-order valence-electron chi connectivity index (χ3n) is 3.61. The highest BCUT2D eigenvalue weighted by molar-refractivity contribution is 5.94. The third-order valence-corrected chi connectivity index (χ3v) is 3.61. The molecule has 2 N–H and O–H groups in total. The number of amides is 2. The van der Waals surface area contributed by atoms with Crippen molar-refractivity contribution in [3.05, 3.63) is 29.8 Å². The average molecular weight is 347 g/mol. The van der Waals surface area contributed by atoms with Crippen LogP contribution in [0, 0.1) is 0 Å². The number of rotatable bonds is 9. The summed E-state index contributed by atoms with van der Waals surface area (Å²) < 4.78 is 5.05. The first kappa shape index (κ1) is 18.9. The zero-order chi connectivity index (χ0) is 18.2. The molecule has 1 saturated carbocycles. The van der Waals surface area contributed by atoms with Crippen molar-refractivity contribution in [1.29, 1.82) is 0 Å². The van der Waals surface area contributed by atoms with E-state index >= 15 is 0 Å². The molecule has 1 aliphatic rings. The summed E-state index contributed by atoms with van der Waals surface area (Å²) in [5.74, 6) is -0.656. The van der Waals surface area contributed by atoms with Crippen molar-refractivity contribution in [2.24, 2.45) is 0 Å². The first-order valence-electron chi connectivity index (χ1n) is 8.53. The van der Waals surface area contributed by atoms with E-state index in [1.807, 2.05) is 6.92 Å². The first-order chi connectivity index (χ1) is 12.0. The number of anilines is 1. The van der Waals surface area contributed by atoms with Crippen LogP contribution in [-0.2, 0) is 14.3 Å². The van der Waals surface area contributed by atoms with Crippen LogP contribution in [0.5, 0.6) is 0 Å². The number of esters is 1. The van der Waals surface area contributed by atoms with Crippen molar-refractivity contribution in [1.82, 2.24) is 10.2 Å². The lowest BCUT2D eigenvalue weighted by atomic mass is 10.2. The van der Waals surface area contributed by atoms with E-state index in [2.05, 4.69) is 10.6 Å². The van der Waals surface area contributed by atoms with Gasteiger partial charge in [0.15, 0.2) is 0 Å². The van der Waals surface area contributed by atoms with E-state index in [0.29, 0.717) is 23.9 Å². The highest BCUT2D eigenvalue weighted by Gasteiger charge is 2.23. The fourth-order valence-electron chi connectivity index (χ4n) is 2.22. The maximum Gasteiger partial charge on any atom is 0.338 e. The average Bonchev–Trinajstić information content (AvgIpc) is 3.36. The van der Waals surface area contributed by atoms with Crippen LogP contribution in [0.3, 0.4) is 0 Å². The SMILES string of the molecule is CCCOC(=O)c1ccc(NC(=O)CN(C)CC(=O)NC2CC2)cc1. The van der Waals surface area contributed by atoms with Gasteiger partial charge in [0.1, 0.15) is 0 Å². The Balaban J connectivity index is 1.75. The number of nitrogens with one attached hydrogen (secondary N) is 2. The predicted octanol–water partition coefficient (Wildman–Crippen LogP) is 1.40. The van der Waals surface area contributed by atoms with Gasteiger partial charge < -0.3 is 15.4 Å². The molecule has 1 aliphatic carbocycles. The number of nitrogens with zero attached hydrogens (tertiary/aromatic N) is 1. The molecule has 0 radical (unpaired) electrons. The summed E-state index contributed by atoms with van der Waals surface area (Å²) in [5.41, 5.74) is 1.04. The fraction of sp³-hybridized carbons (Fsp3) is 0.500. The van der Waals surface area contributed by atoms with Gasteiger partial charge in [0.05, 0.1) is 25.3 Å². The monoisotopic (exact) mass is 347 g/mol. The van der Waals surface area contributed by atoms with Crippen molar-refractivity contribution >= 4 is 23.5 Å². The molecule has 0 bridgehead atoms. The van der Waals surface area contributed by atoms with Crippen LogP contribution < -0.4 is 10.6 Å². The lowest BCUT2D eigenvalue weighted by Crippen LogP contribution is -2.39. The number of benzene rings is 1. The van der Waals surface area contributed by atoms with Gasteiger partial charge in [-0.2, -0.15) is 0 Å². The molecule has 0 atom stereocenters. The number of hydrogen-bond donors (Lipinski definition) is 2. The Hall–Kier alpha value is -2.41. The Labute approximate surface area is 147 Å². The molecule has 2 amide bonds. The molecule has 7 nitrogen and oxygen atoms in total. The minimum atomic E-state index is -0.374. The maximum atomic E-state index is 12.0. The Bertz CT molecular complexity index is 611. The molecular weight excluding hydrogens is 322 g/mol. The van der Waals surface area contributed by atoms with E-state index in [1.165, 1.54) is 0 Å². The van der Waals surface area contributed by atoms with Crippen LogP contribution in [0.1, 0.15) is 36.5 Å². The van der Waals surface area contributed by atoms with E-state index in [4.69, 9.17) is 4.74 Å². The number of carbonyl (C=O) groups is 3. The van der Waals surface area contributed by atoms with Gasteiger partial charge in [-0.3, -0.25) is 14.5 Å². The van der Waals surface area contributed by atoms with Crippen LogP contribution in [0.25, 0.3) is 0 Å². The van der Waals surface area contributed by atoms with Crippen LogP contribution in [-0.4, -0.2) is 55.5 Å². The maximum absolute atomic E-state index is 12.0. The summed E-state index contributed by atoms with van der Waals surface area (Å²) >= 11 is 0.